The molecule has 0 fully saturated rings. The lowest BCUT2D eigenvalue weighted by Gasteiger charge is -2.22. The second-order valence-corrected chi connectivity index (χ2v) is 10.5. The van der Waals surface area contributed by atoms with Crippen molar-refractivity contribution in [1.29, 1.82) is 0 Å². The van der Waals surface area contributed by atoms with Crippen LogP contribution in [-0.2, 0) is 20.1 Å². The first-order valence-electron chi connectivity index (χ1n) is 12.4. The molecule has 0 amide bonds. The molecule has 0 unspecified atom stereocenters. The Kier molecular flexibility index (Phi) is 6.22. The zero-order valence-corrected chi connectivity index (χ0v) is 21.9. The van der Waals surface area contributed by atoms with Gasteiger partial charge >= 0.3 is 0 Å². The van der Waals surface area contributed by atoms with Gasteiger partial charge in [0.25, 0.3) is 0 Å². The van der Waals surface area contributed by atoms with Gasteiger partial charge in [-0.2, -0.15) is 15.3 Å². The predicted octanol–water partition coefficient (Wildman–Crippen LogP) is 4.01. The van der Waals surface area contributed by atoms with Crippen molar-refractivity contribution in [3.63, 3.8) is 0 Å². The molecule has 3 aromatic heterocycles. The number of nitrogens with one attached hydrogen (secondary N) is 1. The molecular formula is C27H35N7O2. The Balaban J connectivity index is 1.62. The molecule has 0 saturated heterocycles. The third-order valence-electron chi connectivity index (χ3n) is 6.76. The molecule has 1 atom stereocenters. The minimum absolute atomic E-state index is 0.0557. The second-order valence-electron chi connectivity index (χ2n) is 10.5. The molecule has 4 aromatic rings. The Labute approximate surface area is 211 Å². The Morgan fingerprint density at radius 3 is 2.81 bits per heavy atom. The molecule has 1 aromatic carbocycles. The first kappa shape index (κ1) is 24.3. The van der Waals surface area contributed by atoms with E-state index in [0.29, 0.717) is 19.5 Å². The zero-order valence-electron chi connectivity index (χ0n) is 21.9. The quantitative estimate of drug-likeness (QED) is 0.451. The van der Waals surface area contributed by atoms with E-state index >= 15 is 0 Å². The van der Waals surface area contributed by atoms with E-state index in [-0.39, 0.29) is 6.10 Å². The number of ether oxygens (including phenoxy) is 1. The summed E-state index contributed by atoms with van der Waals surface area (Å²) < 4.78 is 10.2. The number of hydrogen-bond acceptors (Lipinski definition) is 6. The summed E-state index contributed by atoms with van der Waals surface area (Å²) in [5.41, 5.74) is 6.24. The van der Waals surface area contributed by atoms with E-state index in [4.69, 9.17) is 9.84 Å². The van der Waals surface area contributed by atoms with Gasteiger partial charge in [-0.25, -0.2) is 4.68 Å². The first-order chi connectivity index (χ1) is 17.1. The molecule has 5 rings (SSSR count). The fraction of sp³-hybridized carbons (Fsp3) is 0.444. The number of hydrogen-bond donors (Lipinski definition) is 2. The normalized spacial score (nSPS) is 17.9. The Morgan fingerprint density at radius 1 is 1.22 bits per heavy atom. The van der Waals surface area contributed by atoms with Gasteiger partial charge in [0.05, 0.1) is 34.3 Å². The van der Waals surface area contributed by atoms with Gasteiger partial charge in [0.15, 0.2) is 0 Å². The average Bonchev–Trinajstić information content (AvgIpc) is 3.46. The van der Waals surface area contributed by atoms with Crippen LogP contribution in [0.15, 0.2) is 24.4 Å². The van der Waals surface area contributed by atoms with E-state index in [9.17, 15) is 5.11 Å². The summed E-state index contributed by atoms with van der Waals surface area (Å²) in [5, 5.41) is 28.4. The number of aromatic nitrogens is 6. The van der Waals surface area contributed by atoms with Crippen LogP contribution in [0.4, 0.5) is 0 Å². The van der Waals surface area contributed by atoms with E-state index in [1.54, 1.807) is 4.68 Å². The summed E-state index contributed by atoms with van der Waals surface area (Å²) in [7, 11) is 3.99. The van der Waals surface area contributed by atoms with Crippen molar-refractivity contribution in [2.75, 3.05) is 13.6 Å². The van der Waals surface area contributed by atoms with Gasteiger partial charge in [-0.3, -0.25) is 14.7 Å². The van der Waals surface area contributed by atoms with Crippen LogP contribution < -0.4 is 4.74 Å². The lowest BCUT2D eigenvalue weighted by Crippen LogP contribution is -2.31. The Morgan fingerprint density at radius 2 is 2.03 bits per heavy atom. The van der Waals surface area contributed by atoms with Crippen molar-refractivity contribution in [3.8, 4) is 17.0 Å². The maximum atomic E-state index is 10.3. The minimum atomic E-state index is -0.748. The SMILES string of the molecule is Cc1c2c(nn1CCC(C)(C)O)CN(C)C[C@H](C)Oc1c(cnn1C)-c1ccc3[nH]nc(c3c1)/C=C/2. The molecule has 0 spiro atoms. The van der Waals surface area contributed by atoms with Crippen molar-refractivity contribution < 1.29 is 9.84 Å². The van der Waals surface area contributed by atoms with Crippen LogP contribution in [0, 0.1) is 6.92 Å². The fourth-order valence-corrected chi connectivity index (χ4v) is 4.80. The Hall–Kier alpha value is -3.43. The maximum Gasteiger partial charge on any atom is 0.219 e. The number of rotatable bonds is 3. The molecule has 0 saturated carbocycles. The zero-order chi connectivity index (χ0) is 25.6. The van der Waals surface area contributed by atoms with E-state index in [1.165, 1.54) is 0 Å². The van der Waals surface area contributed by atoms with Gasteiger partial charge in [0.1, 0.15) is 6.10 Å². The largest absolute Gasteiger partial charge is 0.473 e. The summed E-state index contributed by atoms with van der Waals surface area (Å²) in [6.07, 6.45) is 6.59. The number of aliphatic hydroxyl groups is 1. The van der Waals surface area contributed by atoms with E-state index in [2.05, 4.69) is 65.4 Å². The van der Waals surface area contributed by atoms with Crippen LogP contribution in [0.25, 0.3) is 34.2 Å². The number of H-pyrrole nitrogens is 1. The fourth-order valence-electron chi connectivity index (χ4n) is 4.80. The molecule has 1 aliphatic rings. The summed E-state index contributed by atoms with van der Waals surface area (Å²) in [4.78, 5) is 2.23. The van der Waals surface area contributed by atoms with Gasteiger partial charge in [-0.05, 0) is 71.0 Å². The molecule has 2 N–H and O–H groups in total. The highest BCUT2D eigenvalue weighted by Crippen LogP contribution is 2.33. The van der Waals surface area contributed by atoms with Crippen molar-refractivity contribution in [1.82, 2.24) is 34.7 Å². The summed E-state index contributed by atoms with van der Waals surface area (Å²) in [5.74, 6) is 0.748. The summed E-state index contributed by atoms with van der Waals surface area (Å²) in [6, 6.07) is 6.26. The van der Waals surface area contributed by atoms with Crippen LogP contribution in [0.2, 0.25) is 0 Å². The number of aromatic amines is 1. The van der Waals surface area contributed by atoms with Crippen molar-refractivity contribution >= 4 is 23.1 Å². The van der Waals surface area contributed by atoms with Crippen LogP contribution in [0.5, 0.6) is 5.88 Å². The molecular weight excluding hydrogens is 454 g/mol. The summed E-state index contributed by atoms with van der Waals surface area (Å²) in [6.45, 7) is 9.88. The number of likely N-dealkylation sites (N-methyl/N-ethyl adjacent to an activating group) is 1. The van der Waals surface area contributed by atoms with Gasteiger partial charge < -0.3 is 9.84 Å². The van der Waals surface area contributed by atoms with Gasteiger partial charge in [-0.15, -0.1) is 0 Å². The van der Waals surface area contributed by atoms with E-state index in [0.717, 1.165) is 57.1 Å². The third kappa shape index (κ3) is 4.81. The first-order valence-corrected chi connectivity index (χ1v) is 12.4. The minimum Gasteiger partial charge on any atom is -0.473 e. The molecule has 9 heteroatoms. The van der Waals surface area contributed by atoms with E-state index in [1.807, 2.05) is 37.8 Å². The number of aryl methyl sites for hydroxylation is 2. The van der Waals surface area contributed by atoms with Crippen LogP contribution in [-0.4, -0.2) is 65.1 Å². The molecule has 0 aliphatic carbocycles. The van der Waals surface area contributed by atoms with Crippen molar-refractivity contribution in [3.05, 3.63) is 47.0 Å². The standard InChI is InChI=1S/C27H35N7O2/c1-17-15-32(5)16-25-20(18(2)34(31-25)12-11-27(3,4)35)8-10-24-21-13-19(7-9-23(21)29-30-24)22-14-28-33(6)26(22)36-17/h7-10,13-14,17,35H,11-12,15-16H2,1-6H3,(H,29,30)/b10-8+/t17-/m0/s1. The number of nitrogens with zero attached hydrogens (tertiary/aromatic N) is 6. The van der Waals surface area contributed by atoms with Crippen LogP contribution >= 0.6 is 0 Å². The van der Waals surface area contributed by atoms with Crippen LogP contribution in [0.1, 0.15) is 49.8 Å². The highest BCUT2D eigenvalue weighted by atomic mass is 16.5. The monoisotopic (exact) mass is 489 g/mol. The van der Waals surface area contributed by atoms with Crippen molar-refractivity contribution in [2.24, 2.45) is 7.05 Å². The van der Waals surface area contributed by atoms with Crippen LogP contribution in [0.3, 0.4) is 0 Å². The number of benzene rings is 1. The molecule has 0 radical (unpaired) electrons. The molecule has 9 nitrogen and oxygen atoms in total. The molecule has 190 valence electrons. The van der Waals surface area contributed by atoms with E-state index < -0.39 is 5.60 Å². The molecule has 36 heavy (non-hydrogen) atoms. The lowest BCUT2D eigenvalue weighted by molar-refractivity contribution is 0.0648. The highest BCUT2D eigenvalue weighted by molar-refractivity contribution is 5.93. The lowest BCUT2D eigenvalue weighted by atomic mass is 10.0. The summed E-state index contributed by atoms with van der Waals surface area (Å²) >= 11 is 0. The van der Waals surface area contributed by atoms with Gasteiger partial charge in [0, 0.05) is 43.3 Å². The maximum absolute atomic E-state index is 10.3. The van der Waals surface area contributed by atoms with Gasteiger partial charge in [0.2, 0.25) is 5.88 Å². The average molecular weight is 490 g/mol. The molecule has 2 bridgehead atoms. The smallest absolute Gasteiger partial charge is 0.219 e. The number of fused-ring (bicyclic) bond motifs is 4. The topological polar surface area (TPSA) is 97.0 Å². The predicted molar refractivity (Wildman–Crippen MR) is 142 cm³/mol. The third-order valence-corrected chi connectivity index (χ3v) is 6.76. The molecule has 1 aliphatic heterocycles. The van der Waals surface area contributed by atoms with Crippen molar-refractivity contribution in [2.45, 2.75) is 58.9 Å². The highest BCUT2D eigenvalue weighted by Gasteiger charge is 2.21. The van der Waals surface area contributed by atoms with Gasteiger partial charge in [-0.1, -0.05) is 6.07 Å². The molecule has 4 heterocycles. The Bertz CT molecular complexity index is 1420. The second kappa shape index (κ2) is 9.22.